The van der Waals surface area contributed by atoms with Crippen LogP contribution in [0.25, 0.3) is 0 Å². The van der Waals surface area contributed by atoms with Crippen molar-refractivity contribution in [1.29, 1.82) is 0 Å². The Labute approximate surface area is 227 Å². The smallest absolute Gasteiger partial charge is 0.347 e. The number of ether oxygens (including phenoxy) is 1. The average molecular weight is 534 g/mol. The van der Waals surface area contributed by atoms with Crippen molar-refractivity contribution >= 4 is 17.6 Å². The van der Waals surface area contributed by atoms with E-state index in [0.29, 0.717) is 30.3 Å². The Kier molecular flexibility index (Phi) is 8.37. The number of aromatic nitrogens is 3. The van der Waals surface area contributed by atoms with E-state index in [2.05, 4.69) is 0 Å². The maximum atomic E-state index is 13.3. The second-order valence-corrected chi connectivity index (χ2v) is 10.4. The third kappa shape index (κ3) is 6.92. The Balaban J connectivity index is 1.48. The molecule has 0 aliphatic heterocycles. The monoisotopic (exact) mass is 533 g/mol. The fraction of sp³-hybridized carbons (Fsp3) is 0.300. The summed E-state index contributed by atoms with van der Waals surface area (Å²) in [5.74, 6) is 0.223. The Hall–Kier alpha value is -3.84. The predicted molar refractivity (Wildman–Crippen MR) is 148 cm³/mol. The number of nitrogens with zero attached hydrogens (tertiary/aromatic N) is 3. The van der Waals surface area contributed by atoms with Gasteiger partial charge in [-0.05, 0) is 74.6 Å². The number of rotatable bonds is 11. The molecule has 1 aromatic heterocycles. The van der Waals surface area contributed by atoms with E-state index in [1.54, 1.807) is 16.7 Å². The molecule has 38 heavy (non-hydrogen) atoms. The molecule has 0 radical (unpaired) electrons. The van der Waals surface area contributed by atoms with E-state index < -0.39 is 11.6 Å². The van der Waals surface area contributed by atoms with E-state index in [4.69, 9.17) is 21.4 Å². The molecule has 1 N–H and O–H groups in total. The lowest BCUT2D eigenvalue weighted by Gasteiger charge is -2.21. The van der Waals surface area contributed by atoms with Crippen molar-refractivity contribution < 1.29 is 14.6 Å². The fourth-order valence-corrected chi connectivity index (χ4v) is 4.21. The molecule has 4 rings (SSSR count). The highest BCUT2D eigenvalue weighted by Gasteiger charge is 2.29. The zero-order valence-electron chi connectivity index (χ0n) is 21.9. The minimum atomic E-state index is -1.30. The number of carbonyl (C=O) groups is 1. The molecule has 8 heteroatoms. The van der Waals surface area contributed by atoms with Gasteiger partial charge in [0.15, 0.2) is 5.60 Å². The van der Waals surface area contributed by atoms with E-state index in [1.807, 2.05) is 67.6 Å². The van der Waals surface area contributed by atoms with Crippen molar-refractivity contribution in [2.45, 2.75) is 58.7 Å². The minimum absolute atomic E-state index is 0.141. The van der Waals surface area contributed by atoms with Crippen LogP contribution in [0.1, 0.15) is 48.3 Å². The van der Waals surface area contributed by atoms with Crippen LogP contribution in [-0.2, 0) is 30.7 Å². The summed E-state index contributed by atoms with van der Waals surface area (Å²) < 4.78 is 8.86. The van der Waals surface area contributed by atoms with Gasteiger partial charge in [-0.25, -0.2) is 14.3 Å². The zero-order valence-corrected chi connectivity index (χ0v) is 22.6. The topological polar surface area (TPSA) is 86.3 Å². The average Bonchev–Trinajstić information content (AvgIpc) is 3.16. The third-order valence-corrected chi connectivity index (χ3v) is 6.64. The van der Waals surface area contributed by atoms with E-state index in [9.17, 15) is 14.7 Å². The number of carboxylic acids is 1. The van der Waals surface area contributed by atoms with E-state index in [0.717, 1.165) is 35.4 Å². The summed E-state index contributed by atoms with van der Waals surface area (Å²) in [6.07, 6.45) is 2.21. The van der Waals surface area contributed by atoms with Crippen molar-refractivity contribution in [2.75, 3.05) is 0 Å². The molecular weight excluding hydrogens is 502 g/mol. The molecule has 0 bridgehead atoms. The number of hydrogen-bond acceptors (Lipinski definition) is 4. The Bertz CT molecular complexity index is 1440. The van der Waals surface area contributed by atoms with Gasteiger partial charge in [0.25, 0.3) is 0 Å². The van der Waals surface area contributed by atoms with E-state index in [-0.39, 0.29) is 5.69 Å². The maximum Gasteiger partial charge on any atom is 0.347 e. The van der Waals surface area contributed by atoms with Crippen LogP contribution < -0.4 is 10.4 Å². The Morgan fingerprint density at radius 3 is 2.11 bits per heavy atom. The van der Waals surface area contributed by atoms with Gasteiger partial charge in [0.05, 0.1) is 13.1 Å². The van der Waals surface area contributed by atoms with Crippen LogP contribution in [0.4, 0.5) is 0 Å². The lowest BCUT2D eigenvalue weighted by Crippen LogP contribution is -2.37. The van der Waals surface area contributed by atoms with Gasteiger partial charge in [-0.15, -0.1) is 0 Å². The van der Waals surface area contributed by atoms with Crippen LogP contribution in [0.5, 0.6) is 5.75 Å². The molecule has 0 spiro atoms. The molecule has 0 aliphatic rings. The van der Waals surface area contributed by atoms with Crippen LogP contribution in [-0.4, -0.2) is 31.0 Å². The van der Waals surface area contributed by atoms with Gasteiger partial charge in [-0.1, -0.05) is 65.7 Å². The van der Waals surface area contributed by atoms with Crippen LogP contribution in [0.3, 0.4) is 0 Å². The summed E-state index contributed by atoms with van der Waals surface area (Å²) in [4.78, 5) is 24.7. The fourth-order valence-electron chi connectivity index (χ4n) is 4.08. The van der Waals surface area contributed by atoms with Crippen molar-refractivity contribution in [3.63, 3.8) is 0 Å². The van der Waals surface area contributed by atoms with Crippen LogP contribution in [0.2, 0.25) is 5.02 Å². The second kappa shape index (κ2) is 11.7. The highest BCUT2D eigenvalue weighted by Crippen LogP contribution is 2.20. The standard InChI is InChI=1S/C30H32ClN3O4/c1-21-7-9-24(10-8-21)20-34-29(37)33(19-23-11-15-25(31)16-12-23)27(32-34)6-4-5-22-13-17-26(18-14-22)38-30(2,3)28(35)36/h7-18H,4-6,19-20H2,1-3H3,(H,35,36). The normalized spacial score (nSPS) is 11.5. The first kappa shape index (κ1) is 27.2. The first-order valence-electron chi connectivity index (χ1n) is 12.6. The first-order chi connectivity index (χ1) is 18.1. The summed E-state index contributed by atoms with van der Waals surface area (Å²) in [5.41, 5.74) is 2.82. The highest BCUT2D eigenvalue weighted by molar-refractivity contribution is 6.30. The molecule has 4 aromatic rings. The van der Waals surface area contributed by atoms with Crippen molar-refractivity contribution in [1.82, 2.24) is 14.3 Å². The minimum Gasteiger partial charge on any atom is -0.478 e. The lowest BCUT2D eigenvalue weighted by molar-refractivity contribution is -0.152. The van der Waals surface area contributed by atoms with Gasteiger partial charge in [0.2, 0.25) is 0 Å². The predicted octanol–water partition coefficient (Wildman–Crippen LogP) is 5.52. The zero-order chi connectivity index (χ0) is 27.3. The third-order valence-electron chi connectivity index (χ3n) is 6.38. The molecule has 0 fully saturated rings. The molecule has 198 valence electrons. The van der Waals surface area contributed by atoms with Gasteiger partial charge >= 0.3 is 11.7 Å². The number of halogens is 1. The van der Waals surface area contributed by atoms with Crippen molar-refractivity contribution in [3.8, 4) is 5.75 Å². The van der Waals surface area contributed by atoms with Crippen LogP contribution in [0, 0.1) is 6.92 Å². The number of benzene rings is 3. The number of aliphatic carboxylic acids is 1. The maximum absolute atomic E-state index is 13.3. The summed E-state index contributed by atoms with van der Waals surface area (Å²) in [6, 6.07) is 23.0. The molecular formula is C30H32ClN3O4. The molecule has 0 atom stereocenters. The Morgan fingerprint density at radius 2 is 1.47 bits per heavy atom. The molecule has 3 aromatic carbocycles. The van der Waals surface area contributed by atoms with Gasteiger partial charge in [-0.3, -0.25) is 4.57 Å². The van der Waals surface area contributed by atoms with Crippen LogP contribution in [0.15, 0.2) is 77.6 Å². The molecule has 0 aliphatic carbocycles. The van der Waals surface area contributed by atoms with Gasteiger partial charge in [0.1, 0.15) is 11.6 Å². The largest absolute Gasteiger partial charge is 0.478 e. The summed E-state index contributed by atoms with van der Waals surface area (Å²) in [5, 5.41) is 14.6. The Morgan fingerprint density at radius 1 is 0.895 bits per heavy atom. The van der Waals surface area contributed by atoms with E-state index in [1.165, 1.54) is 24.1 Å². The quantitative estimate of drug-likeness (QED) is 0.274. The van der Waals surface area contributed by atoms with Gasteiger partial charge in [-0.2, -0.15) is 5.10 Å². The molecule has 0 amide bonds. The molecule has 0 unspecified atom stereocenters. The summed E-state index contributed by atoms with van der Waals surface area (Å²) in [6.45, 7) is 5.90. The summed E-state index contributed by atoms with van der Waals surface area (Å²) in [7, 11) is 0. The van der Waals surface area contributed by atoms with Gasteiger partial charge in [0, 0.05) is 11.4 Å². The molecule has 1 heterocycles. The lowest BCUT2D eigenvalue weighted by atomic mass is 10.1. The van der Waals surface area contributed by atoms with Crippen molar-refractivity contribution in [3.05, 3.63) is 116 Å². The molecule has 0 saturated carbocycles. The SMILES string of the molecule is Cc1ccc(Cn2nc(CCCc3ccc(OC(C)(C)C(=O)O)cc3)n(Cc3ccc(Cl)cc3)c2=O)cc1. The van der Waals surface area contributed by atoms with Crippen LogP contribution >= 0.6 is 11.6 Å². The van der Waals surface area contributed by atoms with Gasteiger partial charge < -0.3 is 9.84 Å². The number of hydrogen-bond donors (Lipinski definition) is 1. The molecule has 0 saturated heterocycles. The number of aryl methyl sites for hydroxylation is 3. The van der Waals surface area contributed by atoms with E-state index >= 15 is 0 Å². The summed E-state index contributed by atoms with van der Waals surface area (Å²) >= 11 is 6.05. The van der Waals surface area contributed by atoms with Crippen molar-refractivity contribution in [2.24, 2.45) is 0 Å². The number of carboxylic acid groups (broad SMARTS) is 1. The first-order valence-corrected chi connectivity index (χ1v) is 13.0. The second-order valence-electron chi connectivity index (χ2n) is 9.97. The highest BCUT2D eigenvalue weighted by atomic mass is 35.5. The molecule has 7 nitrogen and oxygen atoms in total.